The number of halogens is 1. The summed E-state index contributed by atoms with van der Waals surface area (Å²) in [5.41, 5.74) is 1.02. The van der Waals surface area contributed by atoms with Crippen molar-refractivity contribution in [2.24, 2.45) is 5.92 Å². The number of amides is 2. The van der Waals surface area contributed by atoms with Crippen molar-refractivity contribution in [2.75, 3.05) is 6.54 Å². The van der Waals surface area contributed by atoms with Gasteiger partial charge < -0.3 is 0 Å². The number of carbonyl (C=O) groups is 2. The lowest BCUT2D eigenvalue weighted by Crippen LogP contribution is -2.31. The zero-order valence-corrected chi connectivity index (χ0v) is 11.5. The molecule has 1 aliphatic heterocycles. The molecule has 90 valence electrons. The van der Waals surface area contributed by atoms with E-state index in [1.165, 1.54) is 4.90 Å². The van der Waals surface area contributed by atoms with Crippen LogP contribution >= 0.6 is 15.9 Å². The number of hydrogen-bond acceptors (Lipinski definition) is 2. The van der Waals surface area contributed by atoms with E-state index in [1.807, 2.05) is 0 Å². The van der Waals surface area contributed by atoms with Gasteiger partial charge in [-0.05, 0) is 30.5 Å². The van der Waals surface area contributed by atoms with Gasteiger partial charge in [-0.2, -0.15) is 0 Å². The predicted octanol–water partition coefficient (Wildman–Crippen LogP) is 3.09. The van der Waals surface area contributed by atoms with Gasteiger partial charge in [-0.25, -0.2) is 0 Å². The van der Waals surface area contributed by atoms with E-state index in [0.29, 0.717) is 23.6 Å². The summed E-state index contributed by atoms with van der Waals surface area (Å²) >= 11 is 3.31. The lowest BCUT2D eigenvalue weighted by atomic mass is 10.1. The fraction of sp³-hybridized carbons (Fsp3) is 0.385. The molecule has 0 fully saturated rings. The molecule has 3 nitrogen and oxygen atoms in total. The Morgan fingerprint density at radius 3 is 2.47 bits per heavy atom. The summed E-state index contributed by atoms with van der Waals surface area (Å²) < 4.78 is 0.822. The van der Waals surface area contributed by atoms with Crippen LogP contribution in [-0.4, -0.2) is 23.3 Å². The second kappa shape index (κ2) is 4.61. The monoisotopic (exact) mass is 295 g/mol. The van der Waals surface area contributed by atoms with Gasteiger partial charge in [-0.1, -0.05) is 29.8 Å². The van der Waals surface area contributed by atoms with E-state index in [4.69, 9.17) is 0 Å². The Hall–Kier alpha value is -1.16. The van der Waals surface area contributed by atoms with Crippen molar-refractivity contribution in [1.29, 1.82) is 0 Å². The molecule has 1 heterocycles. The summed E-state index contributed by atoms with van der Waals surface area (Å²) in [5, 5.41) is 0. The van der Waals surface area contributed by atoms with Gasteiger partial charge in [0.2, 0.25) is 0 Å². The van der Waals surface area contributed by atoms with Gasteiger partial charge in [-0.15, -0.1) is 0 Å². The Balaban J connectivity index is 2.26. The summed E-state index contributed by atoms with van der Waals surface area (Å²) in [6.07, 6.45) is 0.840. The number of rotatable bonds is 3. The molecular weight excluding hydrogens is 282 g/mol. The zero-order valence-electron chi connectivity index (χ0n) is 9.87. The molecule has 0 radical (unpaired) electrons. The normalized spacial score (nSPS) is 14.7. The van der Waals surface area contributed by atoms with E-state index in [9.17, 15) is 9.59 Å². The van der Waals surface area contributed by atoms with E-state index in [0.717, 1.165) is 10.9 Å². The minimum Gasteiger partial charge on any atom is -0.274 e. The molecule has 0 bridgehead atoms. The van der Waals surface area contributed by atoms with Gasteiger partial charge in [0.15, 0.2) is 0 Å². The van der Waals surface area contributed by atoms with Crippen molar-refractivity contribution in [3.8, 4) is 0 Å². The molecule has 0 unspecified atom stereocenters. The third kappa shape index (κ3) is 2.27. The molecule has 4 heteroatoms. The van der Waals surface area contributed by atoms with Crippen LogP contribution in [0, 0.1) is 5.92 Å². The van der Waals surface area contributed by atoms with E-state index in [2.05, 4.69) is 29.8 Å². The summed E-state index contributed by atoms with van der Waals surface area (Å²) in [4.78, 5) is 25.4. The highest BCUT2D eigenvalue weighted by molar-refractivity contribution is 9.10. The summed E-state index contributed by atoms with van der Waals surface area (Å²) in [6.45, 7) is 4.66. The number of carbonyl (C=O) groups excluding carboxylic acids is 2. The van der Waals surface area contributed by atoms with Crippen LogP contribution in [0.4, 0.5) is 0 Å². The van der Waals surface area contributed by atoms with Gasteiger partial charge >= 0.3 is 0 Å². The number of benzene rings is 1. The van der Waals surface area contributed by atoms with Gasteiger partial charge in [0.25, 0.3) is 11.8 Å². The lowest BCUT2D eigenvalue weighted by molar-refractivity contribution is 0.0648. The highest BCUT2D eigenvalue weighted by Gasteiger charge is 2.35. The van der Waals surface area contributed by atoms with E-state index in [-0.39, 0.29) is 11.8 Å². The molecule has 2 rings (SSSR count). The van der Waals surface area contributed by atoms with Crippen LogP contribution in [0.3, 0.4) is 0 Å². The Labute approximate surface area is 109 Å². The van der Waals surface area contributed by atoms with Gasteiger partial charge in [-0.3, -0.25) is 14.5 Å². The molecule has 0 saturated carbocycles. The van der Waals surface area contributed by atoms with Crippen LogP contribution in [0.25, 0.3) is 0 Å². The van der Waals surface area contributed by atoms with Crippen LogP contribution in [0.2, 0.25) is 0 Å². The second-order valence-corrected chi connectivity index (χ2v) is 5.55. The first-order chi connectivity index (χ1) is 8.00. The third-order valence-corrected chi connectivity index (χ3v) is 3.36. The third-order valence-electron chi connectivity index (χ3n) is 2.86. The van der Waals surface area contributed by atoms with Crippen molar-refractivity contribution in [2.45, 2.75) is 20.3 Å². The minimum atomic E-state index is -0.174. The molecule has 1 aromatic rings. The minimum absolute atomic E-state index is 0.168. The molecule has 0 saturated heterocycles. The largest absolute Gasteiger partial charge is 0.274 e. The molecule has 0 spiro atoms. The first kappa shape index (κ1) is 12.3. The fourth-order valence-corrected chi connectivity index (χ4v) is 2.21. The first-order valence-corrected chi connectivity index (χ1v) is 6.45. The van der Waals surface area contributed by atoms with Gasteiger partial charge in [0, 0.05) is 11.0 Å². The number of hydrogen-bond donors (Lipinski definition) is 0. The van der Waals surface area contributed by atoms with Crippen LogP contribution in [0.1, 0.15) is 41.0 Å². The first-order valence-electron chi connectivity index (χ1n) is 5.66. The average Bonchev–Trinajstić information content (AvgIpc) is 2.49. The van der Waals surface area contributed by atoms with Crippen molar-refractivity contribution in [1.82, 2.24) is 4.90 Å². The Kier molecular flexibility index (Phi) is 3.33. The Bertz CT molecular complexity index is 482. The molecule has 2 amide bonds. The highest BCUT2D eigenvalue weighted by atomic mass is 79.9. The van der Waals surface area contributed by atoms with Crippen molar-refractivity contribution in [3.05, 3.63) is 33.8 Å². The van der Waals surface area contributed by atoms with Gasteiger partial charge in [0.1, 0.15) is 0 Å². The van der Waals surface area contributed by atoms with Crippen LogP contribution in [-0.2, 0) is 0 Å². The predicted molar refractivity (Wildman–Crippen MR) is 69.0 cm³/mol. The van der Waals surface area contributed by atoms with Crippen LogP contribution < -0.4 is 0 Å². The highest BCUT2D eigenvalue weighted by Crippen LogP contribution is 2.26. The maximum absolute atomic E-state index is 12.1. The topological polar surface area (TPSA) is 37.4 Å². The Morgan fingerprint density at radius 2 is 1.82 bits per heavy atom. The standard InChI is InChI=1S/C13H14BrNO2/c1-8(2)5-6-15-12(16)10-4-3-9(14)7-11(10)13(15)17/h3-4,7-8H,5-6H2,1-2H3. The molecule has 0 N–H and O–H groups in total. The second-order valence-electron chi connectivity index (χ2n) is 4.63. The summed E-state index contributed by atoms with van der Waals surface area (Å²) in [5.74, 6) is 0.135. The van der Waals surface area contributed by atoms with E-state index >= 15 is 0 Å². The summed E-state index contributed by atoms with van der Waals surface area (Å²) in [7, 11) is 0. The Morgan fingerprint density at radius 1 is 1.18 bits per heavy atom. The van der Waals surface area contributed by atoms with E-state index < -0.39 is 0 Å². The van der Waals surface area contributed by atoms with Crippen LogP contribution in [0.15, 0.2) is 22.7 Å². The zero-order chi connectivity index (χ0) is 12.6. The number of fused-ring (bicyclic) bond motifs is 1. The smallest absolute Gasteiger partial charge is 0.261 e. The average molecular weight is 296 g/mol. The molecular formula is C13H14BrNO2. The van der Waals surface area contributed by atoms with E-state index in [1.54, 1.807) is 18.2 Å². The quantitative estimate of drug-likeness (QED) is 0.804. The van der Waals surface area contributed by atoms with Crippen molar-refractivity contribution in [3.63, 3.8) is 0 Å². The molecule has 0 aromatic heterocycles. The van der Waals surface area contributed by atoms with Crippen molar-refractivity contribution < 1.29 is 9.59 Å². The number of imide groups is 1. The van der Waals surface area contributed by atoms with Gasteiger partial charge in [0.05, 0.1) is 11.1 Å². The number of nitrogens with zero attached hydrogens (tertiary/aromatic N) is 1. The molecule has 17 heavy (non-hydrogen) atoms. The molecule has 1 aliphatic rings. The van der Waals surface area contributed by atoms with Crippen LogP contribution in [0.5, 0.6) is 0 Å². The maximum Gasteiger partial charge on any atom is 0.261 e. The van der Waals surface area contributed by atoms with Crippen molar-refractivity contribution >= 4 is 27.7 Å². The molecule has 1 aromatic carbocycles. The maximum atomic E-state index is 12.1. The summed E-state index contributed by atoms with van der Waals surface area (Å²) in [6, 6.07) is 5.20. The molecule has 0 atom stereocenters. The SMILES string of the molecule is CC(C)CCN1C(=O)c2ccc(Br)cc2C1=O. The lowest BCUT2D eigenvalue weighted by Gasteiger charge is -2.14. The fourth-order valence-electron chi connectivity index (χ4n) is 1.85. The molecule has 0 aliphatic carbocycles.